The third kappa shape index (κ3) is 2.52. The maximum absolute atomic E-state index is 12.0. The Bertz CT molecular complexity index is 736. The number of nitrogens with one attached hydrogen (secondary N) is 3. The van der Waals surface area contributed by atoms with E-state index >= 15 is 0 Å². The molecule has 0 radical (unpaired) electrons. The number of carbonyl (C=O) groups excluding carboxylic acids is 1. The van der Waals surface area contributed by atoms with Gasteiger partial charge in [0, 0.05) is 12.5 Å². The van der Waals surface area contributed by atoms with Crippen molar-refractivity contribution in [3.05, 3.63) is 40.2 Å². The van der Waals surface area contributed by atoms with Crippen LogP contribution in [0.1, 0.15) is 19.1 Å². The Hall–Kier alpha value is -2.67. The highest BCUT2D eigenvalue weighted by molar-refractivity contribution is 6.01. The fourth-order valence-corrected chi connectivity index (χ4v) is 1.71. The van der Waals surface area contributed by atoms with Crippen LogP contribution in [0.5, 0.6) is 0 Å². The molecule has 0 unspecified atom stereocenters. The first-order chi connectivity index (χ1) is 9.56. The zero-order valence-corrected chi connectivity index (χ0v) is 10.8. The summed E-state index contributed by atoms with van der Waals surface area (Å²) in [6, 6.07) is 6.04. The van der Waals surface area contributed by atoms with Crippen LogP contribution in [0, 0.1) is 5.41 Å². The van der Waals surface area contributed by atoms with Crippen LogP contribution < -0.4 is 22.0 Å². The topological polar surface area (TPSA) is 121 Å². The molecule has 0 aliphatic rings. The van der Waals surface area contributed by atoms with Crippen LogP contribution >= 0.6 is 0 Å². The zero-order chi connectivity index (χ0) is 14.7. The smallest absolute Gasteiger partial charge is 0.224 e. The second kappa shape index (κ2) is 5.54. The summed E-state index contributed by atoms with van der Waals surface area (Å²) in [5.74, 6) is 4.72. The predicted octanol–water partition coefficient (Wildman–Crippen LogP) is 0.930. The summed E-state index contributed by atoms with van der Waals surface area (Å²) in [6.07, 6.45) is 0.306. The van der Waals surface area contributed by atoms with E-state index in [0.717, 1.165) is 0 Å². The number of anilines is 1. The van der Waals surface area contributed by atoms with E-state index in [2.05, 4.69) is 10.7 Å². The quantitative estimate of drug-likeness (QED) is 0.287. The number of nitrogens with two attached hydrogens (primary N) is 1. The Balaban J connectivity index is 2.65. The van der Waals surface area contributed by atoms with Crippen LogP contribution in [0.3, 0.4) is 0 Å². The Labute approximate surface area is 114 Å². The lowest BCUT2D eigenvalue weighted by Crippen LogP contribution is -2.30. The number of rotatable bonds is 3. The van der Waals surface area contributed by atoms with Crippen LogP contribution in [0.4, 0.5) is 5.69 Å². The summed E-state index contributed by atoms with van der Waals surface area (Å²) in [6.45, 7) is 1.72. The molecule has 0 spiro atoms. The van der Waals surface area contributed by atoms with Gasteiger partial charge in [0.25, 0.3) is 0 Å². The molecule has 1 amide bonds. The first kappa shape index (κ1) is 13.8. The number of amides is 1. The molecule has 5 N–H and O–H groups in total. The minimum atomic E-state index is -0.311. The minimum Gasteiger partial charge on any atom is -0.450 e. The van der Waals surface area contributed by atoms with E-state index in [-0.39, 0.29) is 28.5 Å². The lowest BCUT2D eigenvalue weighted by atomic mass is 10.2. The number of hydrazine groups is 1. The van der Waals surface area contributed by atoms with E-state index < -0.39 is 0 Å². The molecule has 0 saturated heterocycles. The fourth-order valence-electron chi connectivity index (χ4n) is 1.71. The molecule has 2 aromatic rings. The van der Waals surface area contributed by atoms with Crippen molar-refractivity contribution in [1.29, 1.82) is 5.41 Å². The van der Waals surface area contributed by atoms with E-state index in [1.54, 1.807) is 25.1 Å². The highest BCUT2D eigenvalue weighted by Crippen LogP contribution is 2.22. The third-order valence-corrected chi connectivity index (χ3v) is 2.74. The molecule has 104 valence electrons. The molecule has 20 heavy (non-hydrogen) atoms. The molecule has 7 nitrogen and oxygen atoms in total. The summed E-state index contributed by atoms with van der Waals surface area (Å²) in [4.78, 5) is 23.5. The van der Waals surface area contributed by atoms with Crippen molar-refractivity contribution in [3.8, 4) is 0 Å². The van der Waals surface area contributed by atoms with Crippen molar-refractivity contribution >= 4 is 28.4 Å². The van der Waals surface area contributed by atoms with Gasteiger partial charge < -0.3 is 15.2 Å². The molecule has 1 heterocycles. The molecule has 0 fully saturated rings. The third-order valence-electron chi connectivity index (χ3n) is 2.74. The molecular weight excluding hydrogens is 260 g/mol. The molecule has 0 aliphatic carbocycles. The number of hydrogen-bond donors (Lipinski definition) is 4. The van der Waals surface area contributed by atoms with Crippen LogP contribution in [0.25, 0.3) is 11.0 Å². The van der Waals surface area contributed by atoms with Crippen LogP contribution in [0.2, 0.25) is 0 Å². The molecule has 0 bridgehead atoms. The second-order valence-electron chi connectivity index (χ2n) is 4.08. The number of benzene rings is 1. The maximum Gasteiger partial charge on any atom is 0.224 e. The highest BCUT2D eigenvalue weighted by Gasteiger charge is 2.12. The Morgan fingerprint density at radius 1 is 1.45 bits per heavy atom. The van der Waals surface area contributed by atoms with Gasteiger partial charge >= 0.3 is 0 Å². The monoisotopic (exact) mass is 274 g/mol. The first-order valence-corrected chi connectivity index (χ1v) is 5.99. The minimum absolute atomic E-state index is 0.00296. The van der Waals surface area contributed by atoms with Crippen molar-refractivity contribution < 1.29 is 9.21 Å². The first-order valence-electron chi connectivity index (χ1n) is 5.99. The molecule has 7 heteroatoms. The molecule has 2 rings (SSSR count). The van der Waals surface area contributed by atoms with Gasteiger partial charge in [-0.15, -0.1) is 0 Å². The number of hydrogen-bond acceptors (Lipinski definition) is 5. The largest absolute Gasteiger partial charge is 0.450 e. The van der Waals surface area contributed by atoms with Crippen LogP contribution in [-0.4, -0.2) is 11.7 Å². The Morgan fingerprint density at radius 3 is 2.85 bits per heavy atom. The summed E-state index contributed by atoms with van der Waals surface area (Å²) in [7, 11) is 0. The Morgan fingerprint density at radius 2 is 2.20 bits per heavy atom. The summed E-state index contributed by atoms with van der Waals surface area (Å²) >= 11 is 0. The van der Waals surface area contributed by atoms with Gasteiger partial charge in [-0.25, -0.2) is 5.84 Å². The molecular formula is C13H14N4O3. The van der Waals surface area contributed by atoms with Gasteiger partial charge in [0.05, 0.1) is 11.1 Å². The predicted molar refractivity (Wildman–Crippen MR) is 75.6 cm³/mol. The van der Waals surface area contributed by atoms with Crippen molar-refractivity contribution in [1.82, 2.24) is 5.43 Å². The van der Waals surface area contributed by atoms with Gasteiger partial charge in [-0.3, -0.25) is 15.0 Å². The van der Waals surface area contributed by atoms with Crippen molar-refractivity contribution in [2.75, 3.05) is 5.32 Å². The van der Waals surface area contributed by atoms with Crippen molar-refractivity contribution in [3.63, 3.8) is 0 Å². The summed E-state index contributed by atoms with van der Waals surface area (Å²) in [5.41, 5.74) is 2.40. The zero-order valence-electron chi connectivity index (χ0n) is 10.8. The summed E-state index contributed by atoms with van der Waals surface area (Å²) < 4.78 is 5.49. The summed E-state index contributed by atoms with van der Waals surface area (Å²) in [5, 5.41) is 10.5. The van der Waals surface area contributed by atoms with Crippen LogP contribution in [-0.2, 0) is 4.79 Å². The Kier molecular flexibility index (Phi) is 3.81. The number of amidine groups is 1. The van der Waals surface area contributed by atoms with Gasteiger partial charge in [0.15, 0.2) is 22.6 Å². The van der Waals surface area contributed by atoms with E-state index in [9.17, 15) is 9.59 Å². The van der Waals surface area contributed by atoms with E-state index in [0.29, 0.717) is 17.5 Å². The maximum atomic E-state index is 12.0. The van der Waals surface area contributed by atoms with Gasteiger partial charge in [-0.05, 0) is 12.1 Å². The van der Waals surface area contributed by atoms with Gasteiger partial charge in [0.2, 0.25) is 5.91 Å². The number of fused-ring (bicyclic) bond motifs is 1. The van der Waals surface area contributed by atoms with E-state index in [4.69, 9.17) is 15.7 Å². The molecule has 1 aromatic heterocycles. The standard InChI is InChI=1S/C13H14N4O3/c1-2-11(19)16-8-5-3-4-7-9(18)6-10(13(14)17-15)20-12(7)8/h3-6H,2,15H2,1H3,(H2,14,17)(H,16,19). The second-order valence-corrected chi connectivity index (χ2v) is 4.08. The highest BCUT2D eigenvalue weighted by atomic mass is 16.3. The van der Waals surface area contributed by atoms with Gasteiger partial charge in [0.1, 0.15) is 0 Å². The lowest BCUT2D eigenvalue weighted by molar-refractivity contribution is -0.115. The average Bonchev–Trinajstić information content (AvgIpc) is 2.46. The fraction of sp³-hybridized carbons (Fsp3) is 0.154. The van der Waals surface area contributed by atoms with Crippen LogP contribution in [0.15, 0.2) is 33.5 Å². The average molecular weight is 274 g/mol. The van der Waals surface area contributed by atoms with Gasteiger partial charge in [-0.1, -0.05) is 13.0 Å². The number of para-hydroxylation sites is 1. The van der Waals surface area contributed by atoms with Crippen molar-refractivity contribution in [2.45, 2.75) is 13.3 Å². The molecule has 1 aromatic carbocycles. The number of carbonyl (C=O) groups is 1. The lowest BCUT2D eigenvalue weighted by Gasteiger charge is -2.08. The van der Waals surface area contributed by atoms with Crippen molar-refractivity contribution in [2.24, 2.45) is 5.84 Å². The van der Waals surface area contributed by atoms with E-state index in [1.165, 1.54) is 6.07 Å². The van der Waals surface area contributed by atoms with E-state index in [1.807, 2.05) is 0 Å². The van der Waals surface area contributed by atoms with Gasteiger partial charge in [-0.2, -0.15) is 0 Å². The molecule has 0 aliphatic heterocycles. The molecule has 0 saturated carbocycles. The molecule has 0 atom stereocenters. The normalized spacial score (nSPS) is 10.3. The SMILES string of the molecule is CCC(=O)Nc1cccc2c(=O)cc(C(=N)NN)oc12.